The second-order valence-corrected chi connectivity index (χ2v) is 5.77. The van der Waals surface area contributed by atoms with E-state index in [0.29, 0.717) is 12.8 Å². The predicted octanol–water partition coefficient (Wildman–Crippen LogP) is 2.66. The van der Waals surface area contributed by atoms with Gasteiger partial charge >= 0.3 is 0 Å². The Bertz CT molecular complexity index is 507. The third kappa shape index (κ3) is 2.82. The number of ether oxygens (including phenoxy) is 2. The zero-order valence-electron chi connectivity index (χ0n) is 11.7. The van der Waals surface area contributed by atoms with Crippen LogP contribution in [-0.2, 0) is 6.54 Å². The minimum atomic E-state index is 0.315. The summed E-state index contributed by atoms with van der Waals surface area (Å²) in [6.07, 6.45) is 3.77. The summed E-state index contributed by atoms with van der Waals surface area (Å²) in [4.78, 5) is 2.30. The van der Waals surface area contributed by atoms with E-state index in [1.807, 2.05) is 18.2 Å². The molecule has 108 valence electrons. The number of fused-ring (bicyclic) bond motifs is 1. The molecule has 0 bridgehead atoms. The molecule has 1 fully saturated rings. The molecular formula is C15H20N2O2S. The van der Waals surface area contributed by atoms with Gasteiger partial charge in [-0.05, 0) is 56.1 Å². The summed E-state index contributed by atoms with van der Waals surface area (Å²) >= 11 is 5.51. The second kappa shape index (κ2) is 5.87. The minimum absolute atomic E-state index is 0.315. The lowest BCUT2D eigenvalue weighted by Crippen LogP contribution is -2.47. The second-order valence-electron chi connectivity index (χ2n) is 5.38. The molecule has 0 aliphatic carbocycles. The molecule has 1 aromatic carbocycles. The van der Waals surface area contributed by atoms with Crippen LogP contribution in [0.15, 0.2) is 18.2 Å². The van der Waals surface area contributed by atoms with Crippen molar-refractivity contribution in [2.45, 2.75) is 38.8 Å². The highest BCUT2D eigenvalue weighted by atomic mass is 32.1. The van der Waals surface area contributed by atoms with E-state index in [2.05, 4.69) is 17.1 Å². The van der Waals surface area contributed by atoms with E-state index in [1.165, 1.54) is 19.3 Å². The van der Waals surface area contributed by atoms with Gasteiger partial charge in [-0.2, -0.15) is 0 Å². The average molecular weight is 292 g/mol. The standard InChI is InChI=1S/C15H20N2O2S/c1-11-4-2-3-7-17(11)15(20)16-9-12-5-6-13-14(8-12)19-10-18-13/h5-6,8,11H,2-4,7,9-10H2,1H3,(H,16,20)/t11-/m0/s1. The third-order valence-electron chi connectivity index (χ3n) is 3.94. The van der Waals surface area contributed by atoms with Crippen LogP contribution >= 0.6 is 12.2 Å². The van der Waals surface area contributed by atoms with Crippen molar-refractivity contribution in [1.29, 1.82) is 0 Å². The van der Waals surface area contributed by atoms with Gasteiger partial charge in [0, 0.05) is 19.1 Å². The molecule has 0 unspecified atom stereocenters. The van der Waals surface area contributed by atoms with E-state index in [9.17, 15) is 0 Å². The predicted molar refractivity (Wildman–Crippen MR) is 82.0 cm³/mol. The van der Waals surface area contributed by atoms with Gasteiger partial charge in [0.25, 0.3) is 0 Å². The quantitative estimate of drug-likeness (QED) is 0.848. The maximum atomic E-state index is 5.51. The molecule has 1 N–H and O–H groups in total. The van der Waals surface area contributed by atoms with Crippen LogP contribution in [0.3, 0.4) is 0 Å². The van der Waals surface area contributed by atoms with Crippen molar-refractivity contribution in [1.82, 2.24) is 10.2 Å². The van der Waals surface area contributed by atoms with Gasteiger partial charge in [0.15, 0.2) is 16.6 Å². The van der Waals surface area contributed by atoms with Crippen LogP contribution < -0.4 is 14.8 Å². The number of nitrogens with zero attached hydrogens (tertiary/aromatic N) is 1. The SMILES string of the molecule is C[C@H]1CCCCN1C(=S)NCc1ccc2c(c1)OCO2. The number of thiocarbonyl (C=S) groups is 1. The van der Waals surface area contributed by atoms with Gasteiger partial charge in [0.2, 0.25) is 6.79 Å². The molecule has 20 heavy (non-hydrogen) atoms. The first-order valence-corrected chi connectivity index (χ1v) is 7.58. The fourth-order valence-corrected chi connectivity index (χ4v) is 3.07. The van der Waals surface area contributed by atoms with Crippen molar-refractivity contribution in [3.8, 4) is 11.5 Å². The van der Waals surface area contributed by atoms with Crippen molar-refractivity contribution < 1.29 is 9.47 Å². The Hall–Kier alpha value is -1.49. The van der Waals surface area contributed by atoms with Gasteiger partial charge < -0.3 is 19.7 Å². The summed E-state index contributed by atoms with van der Waals surface area (Å²) < 4.78 is 10.7. The molecule has 1 atom stereocenters. The summed E-state index contributed by atoms with van der Waals surface area (Å²) in [5, 5.41) is 4.21. The zero-order chi connectivity index (χ0) is 13.9. The van der Waals surface area contributed by atoms with Crippen LogP contribution in [0, 0.1) is 0 Å². The van der Waals surface area contributed by atoms with Crippen molar-refractivity contribution in [3.05, 3.63) is 23.8 Å². The number of hydrogen-bond donors (Lipinski definition) is 1. The fraction of sp³-hybridized carbons (Fsp3) is 0.533. The number of benzene rings is 1. The Morgan fingerprint density at radius 1 is 1.35 bits per heavy atom. The van der Waals surface area contributed by atoms with Gasteiger partial charge in [-0.25, -0.2) is 0 Å². The van der Waals surface area contributed by atoms with Crippen molar-refractivity contribution in [2.24, 2.45) is 0 Å². The smallest absolute Gasteiger partial charge is 0.231 e. The summed E-state index contributed by atoms with van der Waals surface area (Å²) in [6, 6.07) is 6.55. The maximum absolute atomic E-state index is 5.51. The highest BCUT2D eigenvalue weighted by Crippen LogP contribution is 2.32. The lowest BCUT2D eigenvalue weighted by Gasteiger charge is -2.35. The van der Waals surface area contributed by atoms with E-state index >= 15 is 0 Å². The molecule has 1 aromatic rings. The summed E-state index contributed by atoms with van der Waals surface area (Å²) in [5.74, 6) is 1.64. The molecule has 0 aromatic heterocycles. The molecular weight excluding hydrogens is 272 g/mol. The van der Waals surface area contributed by atoms with Crippen LogP contribution in [0.4, 0.5) is 0 Å². The van der Waals surface area contributed by atoms with Gasteiger partial charge in [-0.15, -0.1) is 0 Å². The number of hydrogen-bond acceptors (Lipinski definition) is 3. The summed E-state index contributed by atoms with van der Waals surface area (Å²) in [6.45, 7) is 4.34. The van der Waals surface area contributed by atoms with E-state index in [4.69, 9.17) is 21.7 Å². The highest BCUT2D eigenvalue weighted by Gasteiger charge is 2.20. The molecule has 2 aliphatic heterocycles. The fourth-order valence-electron chi connectivity index (χ4n) is 2.73. The molecule has 0 radical (unpaired) electrons. The Kier molecular flexibility index (Phi) is 3.96. The zero-order valence-corrected chi connectivity index (χ0v) is 12.5. The van der Waals surface area contributed by atoms with Crippen LogP contribution in [0.25, 0.3) is 0 Å². The van der Waals surface area contributed by atoms with E-state index in [1.54, 1.807) is 0 Å². The number of likely N-dealkylation sites (tertiary alicyclic amines) is 1. The summed E-state index contributed by atoms with van der Waals surface area (Å²) in [5.41, 5.74) is 1.15. The van der Waals surface area contributed by atoms with Gasteiger partial charge in [-0.3, -0.25) is 0 Å². The Morgan fingerprint density at radius 3 is 3.05 bits per heavy atom. The van der Waals surface area contributed by atoms with Crippen molar-refractivity contribution in [2.75, 3.05) is 13.3 Å². The number of nitrogens with one attached hydrogen (secondary N) is 1. The highest BCUT2D eigenvalue weighted by molar-refractivity contribution is 7.80. The molecule has 2 heterocycles. The molecule has 5 heteroatoms. The third-order valence-corrected chi connectivity index (χ3v) is 4.32. The van der Waals surface area contributed by atoms with Crippen LogP contribution in [-0.4, -0.2) is 29.4 Å². The molecule has 2 aliphatic rings. The van der Waals surface area contributed by atoms with Gasteiger partial charge in [0.1, 0.15) is 0 Å². The average Bonchev–Trinajstić information content (AvgIpc) is 2.92. The molecule has 3 rings (SSSR count). The monoisotopic (exact) mass is 292 g/mol. The molecule has 1 saturated heterocycles. The van der Waals surface area contributed by atoms with Gasteiger partial charge in [-0.1, -0.05) is 6.07 Å². The van der Waals surface area contributed by atoms with Crippen molar-refractivity contribution in [3.63, 3.8) is 0 Å². The Balaban J connectivity index is 1.57. The normalized spacial score (nSPS) is 20.9. The van der Waals surface area contributed by atoms with Crippen LogP contribution in [0.5, 0.6) is 11.5 Å². The molecule has 0 spiro atoms. The van der Waals surface area contributed by atoms with Crippen molar-refractivity contribution >= 4 is 17.3 Å². The van der Waals surface area contributed by atoms with Crippen LogP contribution in [0.2, 0.25) is 0 Å². The minimum Gasteiger partial charge on any atom is -0.454 e. The molecule has 0 saturated carbocycles. The van der Waals surface area contributed by atoms with E-state index in [0.717, 1.165) is 35.3 Å². The first kappa shape index (κ1) is 13.5. The molecule has 4 nitrogen and oxygen atoms in total. The van der Waals surface area contributed by atoms with Crippen LogP contribution in [0.1, 0.15) is 31.7 Å². The lowest BCUT2D eigenvalue weighted by atomic mass is 10.0. The topological polar surface area (TPSA) is 33.7 Å². The first-order valence-electron chi connectivity index (χ1n) is 7.17. The maximum Gasteiger partial charge on any atom is 0.231 e. The largest absolute Gasteiger partial charge is 0.454 e. The van der Waals surface area contributed by atoms with E-state index < -0.39 is 0 Å². The lowest BCUT2D eigenvalue weighted by molar-refractivity contribution is 0.174. The summed E-state index contributed by atoms with van der Waals surface area (Å²) in [7, 11) is 0. The molecule has 0 amide bonds. The van der Waals surface area contributed by atoms with E-state index in [-0.39, 0.29) is 0 Å². The Morgan fingerprint density at radius 2 is 2.20 bits per heavy atom. The Labute approximate surface area is 125 Å². The first-order chi connectivity index (χ1) is 9.74. The number of rotatable bonds is 2. The number of piperidine rings is 1. The van der Waals surface area contributed by atoms with Gasteiger partial charge in [0.05, 0.1) is 0 Å².